The molecule has 2 amide bonds. The first-order valence-electron chi connectivity index (χ1n) is 8.54. The van der Waals surface area contributed by atoms with E-state index in [4.69, 9.17) is 16.3 Å². The average Bonchev–Trinajstić information content (AvgIpc) is 2.65. The summed E-state index contributed by atoms with van der Waals surface area (Å²) in [5.41, 5.74) is -1.81. The molecule has 0 aliphatic heterocycles. The highest BCUT2D eigenvalue weighted by molar-refractivity contribution is 6.31. The summed E-state index contributed by atoms with van der Waals surface area (Å²) in [7, 11) is 0. The van der Waals surface area contributed by atoms with E-state index in [0.717, 1.165) is 30.3 Å². The first-order valence-corrected chi connectivity index (χ1v) is 8.92. The largest absolute Gasteiger partial charge is 0.465 e. The lowest BCUT2D eigenvalue weighted by molar-refractivity contribution is -0.383. The third-order valence-electron chi connectivity index (χ3n) is 3.59. The number of hydrogen-bond donors (Lipinski definition) is 2. The van der Waals surface area contributed by atoms with E-state index >= 15 is 0 Å². The second-order valence-corrected chi connectivity index (χ2v) is 6.20. The van der Waals surface area contributed by atoms with Crippen molar-refractivity contribution in [3.63, 3.8) is 0 Å². The van der Waals surface area contributed by atoms with E-state index in [2.05, 4.69) is 15.4 Å². The molecular weight excluding hydrogens is 447 g/mol. The topological polar surface area (TPSA) is 120 Å². The summed E-state index contributed by atoms with van der Waals surface area (Å²) in [5, 5.41) is 15.0. The molecular formula is C18H15ClF3N3O6. The van der Waals surface area contributed by atoms with Crippen LogP contribution < -0.4 is 15.4 Å². The lowest BCUT2D eigenvalue weighted by Crippen LogP contribution is -2.34. The predicted octanol–water partition coefficient (Wildman–Crippen LogP) is 4.74. The van der Waals surface area contributed by atoms with Crippen LogP contribution in [-0.4, -0.2) is 30.1 Å². The number of ether oxygens (including phenoxy) is 2. The van der Waals surface area contributed by atoms with E-state index < -0.39 is 45.9 Å². The maximum absolute atomic E-state index is 12.8. The Labute approximate surface area is 178 Å². The summed E-state index contributed by atoms with van der Waals surface area (Å²) in [6.45, 7) is 1.23. The molecule has 0 saturated heterocycles. The van der Waals surface area contributed by atoms with Gasteiger partial charge in [-0.3, -0.25) is 14.9 Å². The lowest BCUT2D eigenvalue weighted by Gasteiger charge is -2.12. The van der Waals surface area contributed by atoms with E-state index in [-0.39, 0.29) is 23.8 Å². The van der Waals surface area contributed by atoms with E-state index in [1.54, 1.807) is 6.92 Å². The Balaban J connectivity index is 2.19. The van der Waals surface area contributed by atoms with Crippen LogP contribution in [0.3, 0.4) is 0 Å². The number of nitro benzene ring substituents is 1. The van der Waals surface area contributed by atoms with Gasteiger partial charge in [-0.15, -0.1) is 0 Å². The molecule has 13 heteroatoms. The van der Waals surface area contributed by atoms with Crippen LogP contribution in [0.5, 0.6) is 11.5 Å². The molecule has 166 valence electrons. The number of alkyl halides is 3. The molecule has 0 saturated carbocycles. The summed E-state index contributed by atoms with van der Waals surface area (Å²) >= 11 is 5.64. The van der Waals surface area contributed by atoms with E-state index in [1.165, 1.54) is 6.07 Å². The summed E-state index contributed by atoms with van der Waals surface area (Å²) in [4.78, 5) is 33.6. The van der Waals surface area contributed by atoms with Crippen LogP contribution in [0.15, 0.2) is 36.4 Å². The molecule has 0 radical (unpaired) electrons. The Bertz CT molecular complexity index is 1000. The number of amides is 2. The number of hydrogen-bond acceptors (Lipinski definition) is 6. The molecule has 2 rings (SSSR count). The minimum absolute atomic E-state index is 0.0258. The molecule has 2 aromatic carbocycles. The second-order valence-electron chi connectivity index (χ2n) is 5.79. The van der Waals surface area contributed by atoms with Gasteiger partial charge in [0, 0.05) is 18.2 Å². The maximum atomic E-state index is 12.8. The summed E-state index contributed by atoms with van der Waals surface area (Å²) in [6, 6.07) is 5.07. The van der Waals surface area contributed by atoms with Crippen molar-refractivity contribution in [2.24, 2.45) is 0 Å². The zero-order chi connectivity index (χ0) is 23.2. The monoisotopic (exact) mass is 461 g/mol. The van der Waals surface area contributed by atoms with Crippen molar-refractivity contribution < 1.29 is 37.2 Å². The Morgan fingerprint density at radius 2 is 1.81 bits per heavy atom. The number of carbonyl (C=O) groups is 2. The van der Waals surface area contributed by atoms with Gasteiger partial charge in [-0.05, 0) is 25.1 Å². The van der Waals surface area contributed by atoms with E-state index in [9.17, 15) is 32.9 Å². The molecule has 0 aliphatic carbocycles. The molecule has 0 unspecified atom stereocenters. The highest BCUT2D eigenvalue weighted by atomic mass is 35.5. The fraction of sp³-hybridized carbons (Fsp3) is 0.222. The van der Waals surface area contributed by atoms with Gasteiger partial charge in [0.2, 0.25) is 0 Å². The Kier molecular flexibility index (Phi) is 7.64. The van der Waals surface area contributed by atoms with Crippen molar-refractivity contribution in [3.8, 4) is 11.5 Å². The van der Waals surface area contributed by atoms with Crippen LogP contribution in [0.1, 0.15) is 12.5 Å². The van der Waals surface area contributed by atoms with Crippen molar-refractivity contribution >= 4 is 35.0 Å². The molecule has 0 bridgehead atoms. The van der Waals surface area contributed by atoms with Crippen molar-refractivity contribution in [1.29, 1.82) is 0 Å². The minimum atomic E-state index is -4.64. The highest BCUT2D eigenvalue weighted by Gasteiger charge is 2.33. The first-order chi connectivity index (χ1) is 14.5. The van der Waals surface area contributed by atoms with Crippen LogP contribution in [0, 0.1) is 10.1 Å². The van der Waals surface area contributed by atoms with Crippen LogP contribution in [0.2, 0.25) is 5.02 Å². The molecule has 0 spiro atoms. The lowest BCUT2D eigenvalue weighted by atomic mass is 10.2. The van der Waals surface area contributed by atoms with Crippen LogP contribution >= 0.6 is 11.6 Å². The smallest absolute Gasteiger partial charge is 0.417 e. The third-order valence-corrected chi connectivity index (χ3v) is 3.91. The Hall–Kier alpha value is -3.54. The minimum Gasteiger partial charge on any atom is -0.465 e. The molecule has 2 aromatic rings. The number of carbonyl (C=O) groups excluding carboxylic acids is 2. The van der Waals surface area contributed by atoms with Crippen LogP contribution in [0.4, 0.5) is 29.3 Å². The Morgan fingerprint density at radius 3 is 2.39 bits per heavy atom. The number of rotatable bonds is 7. The molecule has 0 aliphatic rings. The van der Waals surface area contributed by atoms with Gasteiger partial charge >= 0.3 is 18.2 Å². The number of nitro groups is 1. The predicted molar refractivity (Wildman–Crippen MR) is 103 cm³/mol. The molecule has 2 N–H and O–H groups in total. The Morgan fingerprint density at radius 1 is 1.16 bits per heavy atom. The van der Waals surface area contributed by atoms with Gasteiger partial charge in [-0.25, -0.2) is 4.79 Å². The van der Waals surface area contributed by atoms with Gasteiger partial charge in [0.05, 0.1) is 22.1 Å². The quantitative estimate of drug-likeness (QED) is 0.349. The van der Waals surface area contributed by atoms with Crippen molar-refractivity contribution in [3.05, 3.63) is 57.1 Å². The van der Waals surface area contributed by atoms with E-state index in [0.29, 0.717) is 0 Å². The number of anilines is 1. The number of benzene rings is 2. The van der Waals surface area contributed by atoms with Gasteiger partial charge < -0.3 is 20.1 Å². The van der Waals surface area contributed by atoms with Gasteiger partial charge in [-0.2, -0.15) is 13.2 Å². The number of nitrogens with zero attached hydrogens (tertiary/aromatic N) is 1. The number of nitrogens with one attached hydrogen (secondary N) is 2. The van der Waals surface area contributed by atoms with E-state index in [1.807, 2.05) is 0 Å². The van der Waals surface area contributed by atoms with Gasteiger partial charge in [0.15, 0.2) is 0 Å². The van der Waals surface area contributed by atoms with Crippen LogP contribution in [0.25, 0.3) is 0 Å². The fourth-order valence-corrected chi connectivity index (χ4v) is 2.57. The van der Waals surface area contributed by atoms with Crippen molar-refractivity contribution in [2.75, 3.05) is 18.5 Å². The second kappa shape index (κ2) is 9.98. The normalized spacial score (nSPS) is 10.9. The van der Waals surface area contributed by atoms with Gasteiger partial charge in [0.1, 0.15) is 23.7 Å². The molecule has 9 nitrogen and oxygen atoms in total. The summed E-state index contributed by atoms with van der Waals surface area (Å²) in [6.07, 6.45) is -4.64. The molecule has 0 atom stereocenters. The van der Waals surface area contributed by atoms with Crippen molar-refractivity contribution in [2.45, 2.75) is 13.1 Å². The third kappa shape index (κ3) is 6.74. The number of halogens is 4. The summed E-state index contributed by atoms with van der Waals surface area (Å²) in [5.74, 6) is -0.796. The highest BCUT2D eigenvalue weighted by Crippen LogP contribution is 2.38. The average molecular weight is 462 g/mol. The number of urea groups is 1. The summed E-state index contributed by atoms with van der Waals surface area (Å²) < 4.78 is 48.4. The van der Waals surface area contributed by atoms with Gasteiger partial charge in [-0.1, -0.05) is 11.6 Å². The fourth-order valence-electron chi connectivity index (χ4n) is 2.29. The van der Waals surface area contributed by atoms with Crippen LogP contribution in [-0.2, 0) is 15.7 Å². The zero-order valence-electron chi connectivity index (χ0n) is 15.8. The van der Waals surface area contributed by atoms with Crippen molar-refractivity contribution in [1.82, 2.24) is 5.32 Å². The number of esters is 1. The maximum Gasteiger partial charge on any atom is 0.417 e. The first kappa shape index (κ1) is 23.7. The standard InChI is InChI=1S/C18H15ClF3N3O6/c1-2-30-16(26)9-23-17(27)24-14-8-11(4-6-15(14)25(28)29)31-10-3-5-12(13(19)7-10)18(20,21)22/h3-8H,2,9H2,1H3,(H2,23,24,27). The molecule has 0 fully saturated rings. The van der Waals surface area contributed by atoms with Gasteiger partial charge in [0.25, 0.3) is 5.69 Å². The zero-order valence-corrected chi connectivity index (χ0v) is 16.5. The molecule has 0 aromatic heterocycles. The SMILES string of the molecule is CCOC(=O)CNC(=O)Nc1cc(Oc2ccc(C(F)(F)F)c(Cl)c2)ccc1[N+](=O)[O-]. The molecule has 31 heavy (non-hydrogen) atoms. The molecule has 0 heterocycles.